The SMILES string of the molecule is Cc1cccc(N2CCN(C(=O)CC(=O)NCCCc3ccccc3)CC2)c1. The van der Waals surface area contributed by atoms with Crippen molar-refractivity contribution >= 4 is 17.5 Å². The number of carbonyl (C=O) groups is 2. The van der Waals surface area contributed by atoms with Crippen molar-refractivity contribution in [2.45, 2.75) is 26.2 Å². The van der Waals surface area contributed by atoms with Gasteiger partial charge in [0.05, 0.1) is 0 Å². The van der Waals surface area contributed by atoms with Gasteiger partial charge >= 0.3 is 0 Å². The number of nitrogens with one attached hydrogen (secondary N) is 1. The van der Waals surface area contributed by atoms with Crippen molar-refractivity contribution in [3.05, 3.63) is 65.7 Å². The molecule has 0 radical (unpaired) electrons. The molecule has 5 nitrogen and oxygen atoms in total. The van der Waals surface area contributed by atoms with Crippen molar-refractivity contribution < 1.29 is 9.59 Å². The van der Waals surface area contributed by atoms with E-state index in [9.17, 15) is 9.59 Å². The highest BCUT2D eigenvalue weighted by Gasteiger charge is 2.22. The number of aryl methyl sites for hydroxylation is 2. The minimum Gasteiger partial charge on any atom is -0.368 e. The Morgan fingerprint density at radius 3 is 2.43 bits per heavy atom. The predicted octanol–water partition coefficient (Wildman–Crippen LogP) is 2.78. The van der Waals surface area contributed by atoms with Crippen molar-refractivity contribution in [3.63, 3.8) is 0 Å². The van der Waals surface area contributed by atoms with Gasteiger partial charge in [0, 0.05) is 38.4 Å². The van der Waals surface area contributed by atoms with Gasteiger partial charge in [-0.3, -0.25) is 9.59 Å². The smallest absolute Gasteiger partial charge is 0.232 e. The zero-order valence-electron chi connectivity index (χ0n) is 16.6. The molecule has 1 aliphatic heterocycles. The zero-order valence-corrected chi connectivity index (χ0v) is 16.6. The minimum absolute atomic E-state index is 0.0597. The molecule has 148 valence electrons. The molecule has 0 atom stereocenters. The normalized spacial score (nSPS) is 14.0. The van der Waals surface area contributed by atoms with E-state index in [-0.39, 0.29) is 18.2 Å². The maximum Gasteiger partial charge on any atom is 0.232 e. The summed E-state index contributed by atoms with van der Waals surface area (Å²) >= 11 is 0. The van der Waals surface area contributed by atoms with Crippen LogP contribution >= 0.6 is 0 Å². The average molecular weight is 380 g/mol. The summed E-state index contributed by atoms with van der Waals surface area (Å²) in [5, 5.41) is 2.87. The Balaban J connectivity index is 1.35. The van der Waals surface area contributed by atoms with E-state index in [1.54, 1.807) is 4.90 Å². The Morgan fingerprint density at radius 1 is 0.964 bits per heavy atom. The first kappa shape index (κ1) is 19.9. The molecular formula is C23H29N3O2. The number of nitrogens with zero attached hydrogens (tertiary/aromatic N) is 2. The second kappa shape index (κ2) is 9.93. The molecule has 0 bridgehead atoms. The van der Waals surface area contributed by atoms with Crippen LogP contribution in [-0.4, -0.2) is 49.4 Å². The van der Waals surface area contributed by atoms with Gasteiger partial charge in [0.1, 0.15) is 6.42 Å². The third kappa shape index (κ3) is 5.84. The summed E-state index contributed by atoms with van der Waals surface area (Å²) in [6.45, 7) is 5.60. The van der Waals surface area contributed by atoms with Crippen molar-refractivity contribution in [1.29, 1.82) is 0 Å². The van der Waals surface area contributed by atoms with E-state index in [0.29, 0.717) is 19.6 Å². The van der Waals surface area contributed by atoms with Crippen molar-refractivity contribution in [2.75, 3.05) is 37.6 Å². The molecule has 0 saturated carbocycles. The lowest BCUT2D eigenvalue weighted by Gasteiger charge is -2.36. The number of carbonyl (C=O) groups excluding carboxylic acids is 2. The molecule has 2 aromatic carbocycles. The molecule has 1 fully saturated rings. The lowest BCUT2D eigenvalue weighted by atomic mass is 10.1. The highest BCUT2D eigenvalue weighted by molar-refractivity contribution is 5.96. The van der Waals surface area contributed by atoms with Crippen LogP contribution in [0.3, 0.4) is 0 Å². The number of rotatable bonds is 7. The van der Waals surface area contributed by atoms with Gasteiger partial charge in [-0.2, -0.15) is 0 Å². The van der Waals surface area contributed by atoms with Gasteiger partial charge in [0.25, 0.3) is 0 Å². The molecule has 1 aliphatic rings. The first-order valence-electron chi connectivity index (χ1n) is 10.0. The fourth-order valence-electron chi connectivity index (χ4n) is 3.52. The summed E-state index contributed by atoms with van der Waals surface area (Å²) < 4.78 is 0. The molecule has 0 spiro atoms. The number of benzene rings is 2. The number of piperazine rings is 1. The highest BCUT2D eigenvalue weighted by atomic mass is 16.2. The van der Waals surface area contributed by atoms with E-state index in [1.807, 2.05) is 18.2 Å². The van der Waals surface area contributed by atoms with Crippen molar-refractivity contribution in [3.8, 4) is 0 Å². The Labute approximate surface area is 167 Å². The van der Waals surface area contributed by atoms with Gasteiger partial charge in [-0.25, -0.2) is 0 Å². The largest absolute Gasteiger partial charge is 0.368 e. The molecule has 5 heteroatoms. The van der Waals surface area contributed by atoms with Gasteiger partial charge in [-0.05, 0) is 43.0 Å². The maximum absolute atomic E-state index is 12.4. The molecule has 0 unspecified atom stereocenters. The second-order valence-electron chi connectivity index (χ2n) is 7.32. The van der Waals surface area contributed by atoms with Crippen LogP contribution in [0.1, 0.15) is 24.0 Å². The van der Waals surface area contributed by atoms with Gasteiger partial charge in [-0.15, -0.1) is 0 Å². The van der Waals surface area contributed by atoms with Gasteiger partial charge in [0.2, 0.25) is 11.8 Å². The molecule has 1 heterocycles. The van der Waals surface area contributed by atoms with Crippen LogP contribution < -0.4 is 10.2 Å². The van der Waals surface area contributed by atoms with Crippen molar-refractivity contribution in [2.24, 2.45) is 0 Å². The van der Waals surface area contributed by atoms with Crippen LogP contribution in [0.25, 0.3) is 0 Å². The second-order valence-corrected chi connectivity index (χ2v) is 7.32. The zero-order chi connectivity index (χ0) is 19.8. The third-order valence-corrected chi connectivity index (χ3v) is 5.12. The first-order chi connectivity index (χ1) is 13.6. The Morgan fingerprint density at radius 2 is 1.71 bits per heavy atom. The molecule has 1 saturated heterocycles. The molecule has 2 aromatic rings. The first-order valence-corrected chi connectivity index (χ1v) is 10.0. The molecule has 28 heavy (non-hydrogen) atoms. The van der Waals surface area contributed by atoms with E-state index in [2.05, 4.69) is 53.5 Å². The number of amides is 2. The summed E-state index contributed by atoms with van der Waals surface area (Å²) in [4.78, 5) is 28.6. The van der Waals surface area contributed by atoms with Crippen LogP contribution in [0.5, 0.6) is 0 Å². The van der Waals surface area contributed by atoms with E-state index in [1.165, 1.54) is 16.8 Å². The average Bonchev–Trinajstić information content (AvgIpc) is 2.72. The van der Waals surface area contributed by atoms with Crippen LogP contribution in [0.2, 0.25) is 0 Å². The van der Waals surface area contributed by atoms with Crippen LogP contribution in [0, 0.1) is 6.92 Å². The summed E-state index contributed by atoms with van der Waals surface area (Å²) in [6.07, 6.45) is 1.74. The van der Waals surface area contributed by atoms with Gasteiger partial charge in [-0.1, -0.05) is 42.5 Å². The maximum atomic E-state index is 12.4. The molecule has 2 amide bonds. The van der Waals surface area contributed by atoms with Gasteiger partial charge < -0.3 is 15.1 Å². The number of hydrogen-bond acceptors (Lipinski definition) is 3. The molecule has 3 rings (SSSR count). The summed E-state index contributed by atoms with van der Waals surface area (Å²) in [5.74, 6) is -0.261. The van der Waals surface area contributed by atoms with Crippen molar-refractivity contribution in [1.82, 2.24) is 10.2 Å². The van der Waals surface area contributed by atoms with E-state index in [0.717, 1.165) is 25.9 Å². The predicted molar refractivity (Wildman–Crippen MR) is 112 cm³/mol. The Hall–Kier alpha value is -2.82. The highest BCUT2D eigenvalue weighted by Crippen LogP contribution is 2.18. The van der Waals surface area contributed by atoms with E-state index < -0.39 is 0 Å². The van der Waals surface area contributed by atoms with E-state index in [4.69, 9.17) is 0 Å². The molecule has 0 aromatic heterocycles. The standard InChI is InChI=1S/C23H29N3O2/c1-19-7-5-11-21(17-19)25-13-15-26(16-14-25)23(28)18-22(27)24-12-6-10-20-8-3-2-4-9-20/h2-5,7-9,11,17H,6,10,12-16,18H2,1H3,(H,24,27). The summed E-state index contributed by atoms with van der Waals surface area (Å²) in [6, 6.07) is 18.6. The lowest BCUT2D eigenvalue weighted by molar-refractivity contribution is -0.136. The number of hydrogen-bond donors (Lipinski definition) is 1. The quantitative estimate of drug-likeness (QED) is 0.595. The Bertz CT molecular complexity index is 783. The fraction of sp³-hybridized carbons (Fsp3) is 0.391. The monoisotopic (exact) mass is 379 g/mol. The molecule has 1 N–H and O–H groups in total. The Kier molecular flexibility index (Phi) is 7.06. The minimum atomic E-state index is -0.181. The molecular weight excluding hydrogens is 350 g/mol. The fourth-order valence-corrected chi connectivity index (χ4v) is 3.52. The van der Waals surface area contributed by atoms with Crippen LogP contribution in [0.15, 0.2) is 54.6 Å². The van der Waals surface area contributed by atoms with Crippen LogP contribution in [0.4, 0.5) is 5.69 Å². The molecule has 0 aliphatic carbocycles. The third-order valence-electron chi connectivity index (χ3n) is 5.12. The number of anilines is 1. The topological polar surface area (TPSA) is 52.7 Å². The summed E-state index contributed by atoms with van der Waals surface area (Å²) in [5.41, 5.74) is 3.70. The van der Waals surface area contributed by atoms with Gasteiger partial charge in [0.15, 0.2) is 0 Å². The van der Waals surface area contributed by atoms with Crippen LogP contribution in [-0.2, 0) is 16.0 Å². The van der Waals surface area contributed by atoms with E-state index >= 15 is 0 Å². The summed E-state index contributed by atoms with van der Waals surface area (Å²) in [7, 11) is 0. The lowest BCUT2D eigenvalue weighted by Crippen LogP contribution is -2.49.